The van der Waals surface area contributed by atoms with Crippen molar-refractivity contribution in [3.05, 3.63) is 63.7 Å². The van der Waals surface area contributed by atoms with Gasteiger partial charge < -0.3 is 5.32 Å². The van der Waals surface area contributed by atoms with E-state index in [4.69, 9.17) is 11.6 Å². The van der Waals surface area contributed by atoms with Gasteiger partial charge in [0, 0.05) is 11.8 Å². The minimum Gasteiger partial charge on any atom is -0.305 e. The number of aromatic nitrogens is 1. The first kappa shape index (κ1) is 14.9. The maximum atomic E-state index is 14.4. The van der Waals surface area contributed by atoms with E-state index in [1.54, 1.807) is 24.4 Å². The molecule has 2 rings (SSSR count). The Hall–Kier alpha value is -1.45. The molecule has 1 heterocycles. The number of nitrogens with zero attached hydrogens (tertiary/aromatic N) is 1. The fraction of sp³-hybridized carbons (Fsp3) is 0.312. The Kier molecular flexibility index (Phi) is 4.73. The molecule has 0 bridgehead atoms. The lowest BCUT2D eigenvalue weighted by Gasteiger charge is -2.22. The fourth-order valence-corrected chi connectivity index (χ4v) is 2.67. The number of pyridine rings is 1. The first-order valence-electron chi connectivity index (χ1n) is 6.65. The molecule has 4 heteroatoms. The van der Waals surface area contributed by atoms with E-state index in [-0.39, 0.29) is 11.9 Å². The topological polar surface area (TPSA) is 24.9 Å². The van der Waals surface area contributed by atoms with E-state index in [2.05, 4.69) is 10.3 Å². The second kappa shape index (κ2) is 6.33. The molecular formula is C16H18ClFN2. The smallest absolute Gasteiger partial charge is 0.128 e. The first-order chi connectivity index (χ1) is 9.54. The molecule has 1 aromatic carbocycles. The molecule has 0 saturated heterocycles. The summed E-state index contributed by atoms with van der Waals surface area (Å²) >= 11 is 6.22. The van der Waals surface area contributed by atoms with Crippen molar-refractivity contribution in [2.24, 2.45) is 0 Å². The Balaban J connectivity index is 2.58. The lowest BCUT2D eigenvalue weighted by atomic mass is 9.95. The van der Waals surface area contributed by atoms with E-state index in [0.29, 0.717) is 22.8 Å². The molecule has 106 valence electrons. The summed E-state index contributed by atoms with van der Waals surface area (Å²) in [5.74, 6) is -0.227. The van der Waals surface area contributed by atoms with Crippen molar-refractivity contribution in [2.75, 3.05) is 6.54 Å². The van der Waals surface area contributed by atoms with Crippen molar-refractivity contribution in [1.29, 1.82) is 0 Å². The second-order valence-corrected chi connectivity index (χ2v) is 5.25. The van der Waals surface area contributed by atoms with Gasteiger partial charge in [-0.15, -0.1) is 0 Å². The lowest BCUT2D eigenvalue weighted by Crippen LogP contribution is -2.25. The molecule has 1 N–H and O–H groups in total. The van der Waals surface area contributed by atoms with E-state index in [1.165, 1.54) is 0 Å². The summed E-state index contributed by atoms with van der Waals surface area (Å²) in [6.07, 6.45) is 1.67. The Morgan fingerprint density at radius 2 is 2.10 bits per heavy atom. The van der Waals surface area contributed by atoms with Gasteiger partial charge in [-0.3, -0.25) is 4.98 Å². The van der Waals surface area contributed by atoms with Crippen molar-refractivity contribution < 1.29 is 4.39 Å². The minimum atomic E-state index is -0.339. The van der Waals surface area contributed by atoms with E-state index in [9.17, 15) is 4.39 Å². The minimum absolute atomic E-state index is 0.227. The average molecular weight is 293 g/mol. The summed E-state index contributed by atoms with van der Waals surface area (Å²) in [6, 6.07) is 6.72. The summed E-state index contributed by atoms with van der Waals surface area (Å²) < 4.78 is 14.4. The van der Waals surface area contributed by atoms with Gasteiger partial charge in [0.1, 0.15) is 5.82 Å². The van der Waals surface area contributed by atoms with Crippen LogP contribution in [0.25, 0.3) is 0 Å². The van der Waals surface area contributed by atoms with Crippen molar-refractivity contribution in [2.45, 2.75) is 26.8 Å². The van der Waals surface area contributed by atoms with Crippen LogP contribution in [-0.4, -0.2) is 11.5 Å². The number of rotatable bonds is 4. The van der Waals surface area contributed by atoms with Crippen LogP contribution in [0.5, 0.6) is 0 Å². The van der Waals surface area contributed by atoms with Crippen LogP contribution >= 0.6 is 11.6 Å². The summed E-state index contributed by atoms with van der Waals surface area (Å²) in [4.78, 5) is 4.32. The normalized spacial score (nSPS) is 12.4. The van der Waals surface area contributed by atoms with Crippen molar-refractivity contribution in [1.82, 2.24) is 10.3 Å². The van der Waals surface area contributed by atoms with Gasteiger partial charge in [0.05, 0.1) is 16.8 Å². The maximum Gasteiger partial charge on any atom is 0.128 e. The lowest BCUT2D eigenvalue weighted by molar-refractivity contribution is 0.548. The third-order valence-electron chi connectivity index (χ3n) is 3.24. The molecule has 0 amide bonds. The standard InChI is InChI=1S/C16H18ClFN2/c1-4-19-16(15-12(17)6-5-7-20-15)14-11(3)8-10(2)9-13(14)18/h5-9,16,19H,4H2,1-3H3. The van der Waals surface area contributed by atoms with Crippen LogP contribution in [0.1, 0.15) is 35.3 Å². The summed E-state index contributed by atoms with van der Waals surface area (Å²) in [5.41, 5.74) is 3.07. The van der Waals surface area contributed by atoms with Crippen molar-refractivity contribution in [3.8, 4) is 0 Å². The fourth-order valence-electron chi connectivity index (χ4n) is 2.44. The summed E-state index contributed by atoms with van der Waals surface area (Å²) in [5, 5.41) is 3.81. The predicted molar refractivity (Wildman–Crippen MR) is 80.6 cm³/mol. The van der Waals surface area contributed by atoms with Gasteiger partial charge in [0.2, 0.25) is 0 Å². The second-order valence-electron chi connectivity index (χ2n) is 4.84. The van der Waals surface area contributed by atoms with Crippen LogP contribution < -0.4 is 5.32 Å². The van der Waals surface area contributed by atoms with Gasteiger partial charge in [0.15, 0.2) is 0 Å². The monoisotopic (exact) mass is 292 g/mol. The molecule has 20 heavy (non-hydrogen) atoms. The largest absolute Gasteiger partial charge is 0.305 e. The van der Waals surface area contributed by atoms with E-state index >= 15 is 0 Å². The highest BCUT2D eigenvalue weighted by atomic mass is 35.5. The zero-order chi connectivity index (χ0) is 14.7. The molecule has 2 aromatic rings. The van der Waals surface area contributed by atoms with Crippen molar-refractivity contribution >= 4 is 11.6 Å². The zero-order valence-electron chi connectivity index (χ0n) is 11.9. The molecule has 0 saturated carbocycles. The molecule has 1 unspecified atom stereocenters. The third-order valence-corrected chi connectivity index (χ3v) is 3.56. The van der Waals surface area contributed by atoms with Gasteiger partial charge in [-0.1, -0.05) is 24.6 Å². The highest BCUT2D eigenvalue weighted by molar-refractivity contribution is 6.31. The van der Waals surface area contributed by atoms with Gasteiger partial charge in [0.25, 0.3) is 0 Å². The number of nitrogens with one attached hydrogen (secondary N) is 1. The Bertz CT molecular complexity index is 590. The number of benzene rings is 1. The molecule has 1 atom stereocenters. The molecule has 0 aliphatic rings. The Morgan fingerprint density at radius 1 is 1.35 bits per heavy atom. The van der Waals surface area contributed by atoms with Gasteiger partial charge in [-0.25, -0.2) is 4.39 Å². The molecule has 0 aliphatic heterocycles. The number of hydrogen-bond donors (Lipinski definition) is 1. The Morgan fingerprint density at radius 3 is 2.70 bits per heavy atom. The summed E-state index contributed by atoms with van der Waals surface area (Å²) in [7, 11) is 0. The predicted octanol–water partition coefficient (Wildman–Crippen LogP) is 4.19. The molecule has 2 nitrogen and oxygen atoms in total. The van der Waals surface area contributed by atoms with Crippen LogP contribution in [-0.2, 0) is 0 Å². The highest BCUT2D eigenvalue weighted by Gasteiger charge is 2.22. The molecule has 1 aromatic heterocycles. The first-order valence-corrected chi connectivity index (χ1v) is 7.02. The van der Waals surface area contributed by atoms with Crippen LogP contribution in [0.15, 0.2) is 30.5 Å². The number of hydrogen-bond acceptors (Lipinski definition) is 2. The van der Waals surface area contributed by atoms with E-state index in [0.717, 1.165) is 11.1 Å². The number of aryl methyl sites for hydroxylation is 2. The molecule has 0 aliphatic carbocycles. The molecular weight excluding hydrogens is 275 g/mol. The van der Waals surface area contributed by atoms with E-state index < -0.39 is 0 Å². The van der Waals surface area contributed by atoms with Crippen LogP contribution in [0.3, 0.4) is 0 Å². The van der Waals surface area contributed by atoms with Crippen LogP contribution in [0.2, 0.25) is 5.02 Å². The SMILES string of the molecule is CCNC(c1ncccc1Cl)c1c(C)cc(C)cc1F. The average Bonchev–Trinajstić information content (AvgIpc) is 2.37. The summed E-state index contributed by atoms with van der Waals surface area (Å²) in [6.45, 7) is 6.47. The Labute approximate surface area is 124 Å². The number of halogens is 2. The molecule has 0 radical (unpaired) electrons. The maximum absolute atomic E-state index is 14.4. The van der Waals surface area contributed by atoms with Gasteiger partial charge in [-0.05, 0) is 49.7 Å². The molecule has 0 spiro atoms. The van der Waals surface area contributed by atoms with Crippen molar-refractivity contribution in [3.63, 3.8) is 0 Å². The molecule has 0 fully saturated rings. The zero-order valence-corrected chi connectivity index (χ0v) is 12.6. The van der Waals surface area contributed by atoms with Gasteiger partial charge in [-0.2, -0.15) is 0 Å². The van der Waals surface area contributed by atoms with Crippen LogP contribution in [0, 0.1) is 19.7 Å². The van der Waals surface area contributed by atoms with Gasteiger partial charge >= 0.3 is 0 Å². The quantitative estimate of drug-likeness (QED) is 0.914. The van der Waals surface area contributed by atoms with Crippen LogP contribution in [0.4, 0.5) is 4.39 Å². The van der Waals surface area contributed by atoms with E-state index in [1.807, 2.05) is 26.8 Å². The highest BCUT2D eigenvalue weighted by Crippen LogP contribution is 2.30. The third kappa shape index (κ3) is 3.00.